The molecule has 1 amide bonds. The number of ether oxygens (including phenoxy) is 1. The minimum Gasteiger partial charge on any atom is -0.496 e. The SMILES string of the molecule is COc1cc(Br)ccc1C(=O)Nc1ccc(Br)cc1N. The van der Waals surface area contributed by atoms with Crippen molar-refractivity contribution in [1.82, 2.24) is 0 Å². The lowest BCUT2D eigenvalue weighted by atomic mass is 10.1. The summed E-state index contributed by atoms with van der Waals surface area (Å²) in [5.74, 6) is 0.218. The minimum absolute atomic E-state index is 0.275. The number of amides is 1. The van der Waals surface area contributed by atoms with Gasteiger partial charge in [-0.15, -0.1) is 0 Å². The Morgan fingerprint density at radius 2 is 1.80 bits per heavy atom. The van der Waals surface area contributed by atoms with E-state index in [2.05, 4.69) is 37.2 Å². The molecule has 0 unspecified atom stereocenters. The largest absolute Gasteiger partial charge is 0.496 e. The number of carbonyl (C=O) groups is 1. The number of benzene rings is 2. The molecule has 2 rings (SSSR count). The second kappa shape index (κ2) is 6.28. The highest BCUT2D eigenvalue weighted by Gasteiger charge is 2.13. The summed E-state index contributed by atoms with van der Waals surface area (Å²) in [7, 11) is 1.52. The second-order valence-corrected chi connectivity index (χ2v) is 5.86. The predicted molar refractivity (Wildman–Crippen MR) is 87.2 cm³/mol. The number of nitrogens with two attached hydrogens (primary N) is 1. The quantitative estimate of drug-likeness (QED) is 0.765. The van der Waals surface area contributed by atoms with Gasteiger partial charge in [0.15, 0.2) is 0 Å². The van der Waals surface area contributed by atoms with E-state index in [1.54, 1.807) is 30.3 Å². The van der Waals surface area contributed by atoms with Gasteiger partial charge in [-0.05, 0) is 36.4 Å². The fraction of sp³-hybridized carbons (Fsp3) is 0.0714. The molecule has 6 heteroatoms. The van der Waals surface area contributed by atoms with Crippen molar-refractivity contribution < 1.29 is 9.53 Å². The third-order valence-electron chi connectivity index (χ3n) is 2.67. The molecular weight excluding hydrogens is 388 g/mol. The fourth-order valence-corrected chi connectivity index (χ4v) is 2.41. The first-order valence-corrected chi connectivity index (χ1v) is 7.30. The van der Waals surface area contributed by atoms with Gasteiger partial charge in [-0.2, -0.15) is 0 Å². The number of hydrogen-bond acceptors (Lipinski definition) is 3. The van der Waals surface area contributed by atoms with Crippen molar-refractivity contribution in [2.45, 2.75) is 0 Å². The van der Waals surface area contributed by atoms with E-state index in [0.29, 0.717) is 22.7 Å². The molecule has 0 aromatic heterocycles. The van der Waals surface area contributed by atoms with Gasteiger partial charge in [0.2, 0.25) is 0 Å². The summed E-state index contributed by atoms with van der Waals surface area (Å²) in [6.45, 7) is 0. The Hall–Kier alpha value is -1.53. The van der Waals surface area contributed by atoms with Gasteiger partial charge in [-0.1, -0.05) is 31.9 Å². The highest BCUT2D eigenvalue weighted by Crippen LogP contribution is 2.27. The maximum absolute atomic E-state index is 12.3. The third-order valence-corrected chi connectivity index (χ3v) is 3.66. The van der Waals surface area contributed by atoms with E-state index in [0.717, 1.165) is 8.95 Å². The van der Waals surface area contributed by atoms with Gasteiger partial charge >= 0.3 is 0 Å². The van der Waals surface area contributed by atoms with E-state index in [4.69, 9.17) is 10.5 Å². The Bertz CT molecular complexity index is 660. The Morgan fingerprint density at radius 1 is 1.15 bits per heavy atom. The highest BCUT2D eigenvalue weighted by atomic mass is 79.9. The maximum Gasteiger partial charge on any atom is 0.259 e. The second-order valence-electron chi connectivity index (χ2n) is 4.03. The van der Waals surface area contributed by atoms with Crippen molar-refractivity contribution in [3.63, 3.8) is 0 Å². The van der Waals surface area contributed by atoms with Crippen LogP contribution in [0.2, 0.25) is 0 Å². The number of anilines is 2. The molecule has 0 saturated heterocycles. The molecule has 0 atom stereocenters. The standard InChI is InChI=1S/C14H12Br2N2O2/c1-20-13-7-9(16)2-4-10(13)14(19)18-12-5-3-8(15)6-11(12)17/h2-7H,17H2,1H3,(H,18,19). The van der Waals surface area contributed by atoms with Crippen molar-refractivity contribution in [1.29, 1.82) is 0 Å². The number of rotatable bonds is 3. The lowest BCUT2D eigenvalue weighted by molar-refractivity contribution is 0.102. The molecular formula is C14H12Br2N2O2. The van der Waals surface area contributed by atoms with Gasteiger partial charge < -0.3 is 15.8 Å². The highest BCUT2D eigenvalue weighted by molar-refractivity contribution is 9.10. The zero-order valence-corrected chi connectivity index (χ0v) is 13.8. The van der Waals surface area contributed by atoms with Crippen LogP contribution < -0.4 is 15.8 Å². The van der Waals surface area contributed by atoms with Gasteiger partial charge in [0, 0.05) is 8.95 Å². The zero-order valence-electron chi connectivity index (χ0n) is 10.6. The van der Waals surface area contributed by atoms with Crippen LogP contribution in [0, 0.1) is 0 Å². The first-order chi connectivity index (χ1) is 9.51. The lowest BCUT2D eigenvalue weighted by Gasteiger charge is -2.11. The van der Waals surface area contributed by atoms with Crippen molar-refractivity contribution in [2.24, 2.45) is 0 Å². The molecule has 4 nitrogen and oxygen atoms in total. The monoisotopic (exact) mass is 398 g/mol. The van der Waals surface area contributed by atoms with Gasteiger partial charge in [0.25, 0.3) is 5.91 Å². The summed E-state index contributed by atoms with van der Waals surface area (Å²) in [6.07, 6.45) is 0. The summed E-state index contributed by atoms with van der Waals surface area (Å²) in [5.41, 5.74) is 7.35. The lowest BCUT2D eigenvalue weighted by Crippen LogP contribution is -2.14. The van der Waals surface area contributed by atoms with Crippen molar-refractivity contribution in [3.8, 4) is 5.75 Å². The summed E-state index contributed by atoms with van der Waals surface area (Å²) >= 11 is 6.66. The van der Waals surface area contributed by atoms with E-state index in [1.807, 2.05) is 6.07 Å². The third kappa shape index (κ3) is 3.32. The van der Waals surface area contributed by atoms with Crippen LogP contribution in [0.1, 0.15) is 10.4 Å². The van der Waals surface area contributed by atoms with E-state index < -0.39 is 0 Å². The predicted octanol–water partition coefficient (Wildman–Crippen LogP) is 4.05. The molecule has 2 aromatic carbocycles. The van der Waals surface area contributed by atoms with E-state index in [-0.39, 0.29) is 5.91 Å². The number of hydrogen-bond donors (Lipinski definition) is 2. The van der Waals surface area contributed by atoms with Crippen LogP contribution >= 0.6 is 31.9 Å². The van der Waals surface area contributed by atoms with Crippen LogP contribution in [0.15, 0.2) is 45.3 Å². The number of nitrogen functional groups attached to an aromatic ring is 1. The van der Waals surface area contributed by atoms with E-state index in [1.165, 1.54) is 7.11 Å². The maximum atomic E-state index is 12.3. The summed E-state index contributed by atoms with van der Waals surface area (Å²) < 4.78 is 6.90. The molecule has 104 valence electrons. The van der Waals surface area contributed by atoms with Gasteiger partial charge in [0.1, 0.15) is 5.75 Å². The normalized spacial score (nSPS) is 10.2. The first-order valence-electron chi connectivity index (χ1n) is 5.71. The number of carbonyl (C=O) groups excluding carboxylic acids is 1. The molecule has 20 heavy (non-hydrogen) atoms. The summed E-state index contributed by atoms with van der Waals surface area (Å²) in [4.78, 5) is 12.3. The Kier molecular flexibility index (Phi) is 4.67. The molecule has 0 aliphatic heterocycles. The van der Waals surface area contributed by atoms with Gasteiger partial charge in [0.05, 0.1) is 24.0 Å². The van der Waals surface area contributed by atoms with Crippen LogP contribution in [-0.2, 0) is 0 Å². The Labute approximate surface area is 133 Å². The van der Waals surface area contributed by atoms with Crippen molar-refractivity contribution in [3.05, 3.63) is 50.9 Å². The molecule has 0 fully saturated rings. The molecule has 0 saturated carbocycles. The molecule has 2 aromatic rings. The van der Waals surface area contributed by atoms with Crippen LogP contribution in [0.4, 0.5) is 11.4 Å². The molecule has 3 N–H and O–H groups in total. The Balaban J connectivity index is 2.28. The van der Waals surface area contributed by atoms with E-state index in [9.17, 15) is 4.79 Å². The number of nitrogens with one attached hydrogen (secondary N) is 1. The smallest absolute Gasteiger partial charge is 0.259 e. The van der Waals surface area contributed by atoms with Crippen LogP contribution in [0.25, 0.3) is 0 Å². The molecule has 0 bridgehead atoms. The zero-order chi connectivity index (χ0) is 14.7. The van der Waals surface area contributed by atoms with Crippen LogP contribution in [-0.4, -0.2) is 13.0 Å². The van der Waals surface area contributed by atoms with Crippen LogP contribution in [0.3, 0.4) is 0 Å². The fourth-order valence-electron chi connectivity index (χ4n) is 1.69. The molecule has 0 radical (unpaired) electrons. The summed E-state index contributed by atoms with van der Waals surface area (Å²) in [5, 5.41) is 2.77. The van der Waals surface area contributed by atoms with Crippen LogP contribution in [0.5, 0.6) is 5.75 Å². The minimum atomic E-state index is -0.275. The van der Waals surface area contributed by atoms with Crippen molar-refractivity contribution in [2.75, 3.05) is 18.2 Å². The molecule has 0 spiro atoms. The average molecular weight is 400 g/mol. The van der Waals surface area contributed by atoms with Gasteiger partial charge in [-0.3, -0.25) is 4.79 Å². The van der Waals surface area contributed by atoms with Crippen molar-refractivity contribution >= 4 is 49.1 Å². The number of halogens is 2. The molecule has 0 aliphatic carbocycles. The molecule has 0 aliphatic rings. The van der Waals surface area contributed by atoms with E-state index >= 15 is 0 Å². The topological polar surface area (TPSA) is 64.3 Å². The summed E-state index contributed by atoms with van der Waals surface area (Å²) in [6, 6.07) is 10.5. The van der Waals surface area contributed by atoms with Gasteiger partial charge in [-0.25, -0.2) is 0 Å². The number of methoxy groups -OCH3 is 1. The average Bonchev–Trinajstić information content (AvgIpc) is 2.41. The Morgan fingerprint density at radius 3 is 2.45 bits per heavy atom. The first kappa shape index (κ1) is 14.9. The molecule has 0 heterocycles.